The molecule has 0 aliphatic carbocycles. The minimum absolute atomic E-state index is 0.202. The SMILES string of the molecule is O=C(Cc1ccc(Br)c2ccccc12)N/N=C/c1ccc(C(=O)O)cc1. The van der Waals surface area contributed by atoms with Crippen LogP contribution in [0.3, 0.4) is 0 Å². The molecular formula is C20H15BrN2O3. The number of hydrogen-bond donors (Lipinski definition) is 2. The maximum atomic E-state index is 12.2. The molecule has 0 aliphatic heterocycles. The lowest BCUT2D eigenvalue weighted by Crippen LogP contribution is -2.19. The fourth-order valence-corrected chi connectivity index (χ4v) is 3.06. The number of carboxylic acid groups (broad SMARTS) is 1. The van der Waals surface area contributed by atoms with Crippen LogP contribution in [0.2, 0.25) is 0 Å². The van der Waals surface area contributed by atoms with E-state index in [9.17, 15) is 9.59 Å². The summed E-state index contributed by atoms with van der Waals surface area (Å²) < 4.78 is 0.986. The third-order valence-electron chi connectivity index (χ3n) is 3.87. The third kappa shape index (κ3) is 4.15. The number of fused-ring (bicyclic) bond motifs is 1. The van der Waals surface area contributed by atoms with Crippen LogP contribution in [0.1, 0.15) is 21.5 Å². The number of nitrogens with one attached hydrogen (secondary N) is 1. The molecule has 3 rings (SSSR count). The number of carbonyl (C=O) groups is 2. The van der Waals surface area contributed by atoms with Crippen molar-refractivity contribution in [1.82, 2.24) is 5.43 Å². The van der Waals surface area contributed by atoms with Gasteiger partial charge in [-0.25, -0.2) is 10.2 Å². The van der Waals surface area contributed by atoms with Crippen molar-refractivity contribution >= 4 is 44.8 Å². The molecular weight excluding hydrogens is 396 g/mol. The summed E-state index contributed by atoms with van der Waals surface area (Å²) in [7, 11) is 0. The van der Waals surface area contributed by atoms with Crippen LogP contribution in [0.4, 0.5) is 0 Å². The number of hydrogen-bond acceptors (Lipinski definition) is 3. The number of hydrazone groups is 1. The van der Waals surface area contributed by atoms with Gasteiger partial charge in [-0.3, -0.25) is 4.79 Å². The molecule has 2 N–H and O–H groups in total. The summed E-state index contributed by atoms with van der Waals surface area (Å²) in [6, 6.07) is 17.9. The largest absolute Gasteiger partial charge is 0.478 e. The monoisotopic (exact) mass is 410 g/mol. The Morgan fingerprint density at radius 1 is 1.00 bits per heavy atom. The van der Waals surface area contributed by atoms with Gasteiger partial charge in [-0.2, -0.15) is 5.10 Å². The predicted molar refractivity (Wildman–Crippen MR) is 104 cm³/mol. The normalized spacial score (nSPS) is 11.0. The van der Waals surface area contributed by atoms with Crippen LogP contribution in [0, 0.1) is 0 Å². The number of amides is 1. The molecule has 0 aliphatic rings. The minimum atomic E-state index is -0.983. The average molecular weight is 411 g/mol. The van der Waals surface area contributed by atoms with Gasteiger partial charge in [0.05, 0.1) is 18.2 Å². The molecule has 0 saturated heterocycles. The maximum absolute atomic E-state index is 12.2. The average Bonchev–Trinajstić information content (AvgIpc) is 2.65. The number of halogens is 1. The quantitative estimate of drug-likeness (QED) is 0.492. The molecule has 0 atom stereocenters. The molecule has 3 aromatic rings. The zero-order chi connectivity index (χ0) is 18.5. The molecule has 0 unspecified atom stereocenters. The molecule has 26 heavy (non-hydrogen) atoms. The summed E-state index contributed by atoms with van der Waals surface area (Å²) in [5.74, 6) is -1.21. The van der Waals surface area contributed by atoms with E-state index in [-0.39, 0.29) is 17.9 Å². The van der Waals surface area contributed by atoms with Crippen LogP contribution >= 0.6 is 15.9 Å². The summed E-state index contributed by atoms with van der Waals surface area (Å²) in [5.41, 5.74) is 4.32. The number of carboxylic acids is 1. The van der Waals surface area contributed by atoms with Gasteiger partial charge < -0.3 is 5.11 Å². The lowest BCUT2D eigenvalue weighted by molar-refractivity contribution is -0.120. The van der Waals surface area contributed by atoms with Crippen molar-refractivity contribution in [3.05, 3.63) is 81.8 Å². The highest BCUT2D eigenvalue weighted by molar-refractivity contribution is 9.10. The van der Waals surface area contributed by atoms with Gasteiger partial charge in [-0.05, 0) is 40.1 Å². The predicted octanol–water partition coefficient (Wildman–Crippen LogP) is 3.99. The van der Waals surface area contributed by atoms with Gasteiger partial charge in [0.25, 0.3) is 0 Å². The van der Waals surface area contributed by atoms with Crippen LogP contribution in [0.25, 0.3) is 10.8 Å². The van der Waals surface area contributed by atoms with Crippen molar-refractivity contribution in [2.75, 3.05) is 0 Å². The van der Waals surface area contributed by atoms with E-state index in [1.807, 2.05) is 36.4 Å². The Bertz CT molecular complexity index is 998. The first-order valence-corrected chi connectivity index (χ1v) is 8.65. The fraction of sp³-hybridized carbons (Fsp3) is 0.0500. The Kier molecular flexibility index (Phi) is 5.43. The van der Waals surface area contributed by atoms with Crippen LogP contribution in [0.5, 0.6) is 0 Å². The van der Waals surface area contributed by atoms with Gasteiger partial charge in [-0.15, -0.1) is 0 Å². The van der Waals surface area contributed by atoms with Gasteiger partial charge in [0.15, 0.2) is 0 Å². The number of rotatable bonds is 5. The van der Waals surface area contributed by atoms with Gasteiger partial charge in [-0.1, -0.05) is 58.4 Å². The van der Waals surface area contributed by atoms with E-state index in [1.165, 1.54) is 18.3 Å². The summed E-state index contributed by atoms with van der Waals surface area (Å²) >= 11 is 3.52. The molecule has 0 heterocycles. The summed E-state index contributed by atoms with van der Waals surface area (Å²) in [6.45, 7) is 0. The number of aromatic carboxylic acids is 1. The minimum Gasteiger partial charge on any atom is -0.478 e. The second kappa shape index (κ2) is 7.93. The zero-order valence-corrected chi connectivity index (χ0v) is 15.2. The lowest BCUT2D eigenvalue weighted by Gasteiger charge is -2.07. The lowest BCUT2D eigenvalue weighted by atomic mass is 10.0. The first-order valence-electron chi connectivity index (χ1n) is 7.86. The summed E-state index contributed by atoms with van der Waals surface area (Å²) in [5, 5.41) is 14.9. The molecule has 1 amide bonds. The molecule has 130 valence electrons. The fourth-order valence-electron chi connectivity index (χ4n) is 2.58. The van der Waals surface area contributed by atoms with E-state index in [0.29, 0.717) is 5.56 Å². The van der Waals surface area contributed by atoms with Crippen LogP contribution in [0.15, 0.2) is 70.2 Å². The van der Waals surface area contributed by atoms with Crippen molar-refractivity contribution < 1.29 is 14.7 Å². The van der Waals surface area contributed by atoms with Gasteiger partial charge in [0.2, 0.25) is 5.91 Å². The molecule has 0 spiro atoms. The topological polar surface area (TPSA) is 78.8 Å². The molecule has 0 saturated carbocycles. The molecule has 3 aromatic carbocycles. The van der Waals surface area contributed by atoms with Crippen molar-refractivity contribution in [2.24, 2.45) is 5.10 Å². The first kappa shape index (κ1) is 17.8. The Morgan fingerprint density at radius 3 is 2.38 bits per heavy atom. The summed E-state index contributed by atoms with van der Waals surface area (Å²) in [4.78, 5) is 23.0. The standard InChI is InChI=1S/C20H15BrN2O3/c21-18-10-9-15(16-3-1-2-4-17(16)18)11-19(24)23-22-12-13-5-7-14(8-6-13)20(25)26/h1-10,12H,11H2,(H,23,24)(H,25,26)/b22-12+. The van der Waals surface area contributed by atoms with Crippen LogP contribution in [-0.4, -0.2) is 23.2 Å². The maximum Gasteiger partial charge on any atom is 0.335 e. The summed E-state index contributed by atoms with van der Waals surface area (Å²) in [6.07, 6.45) is 1.69. The van der Waals surface area contributed by atoms with E-state index in [4.69, 9.17) is 5.11 Å². The highest BCUT2D eigenvalue weighted by Crippen LogP contribution is 2.27. The molecule has 6 heteroatoms. The van der Waals surface area contributed by atoms with Crippen LogP contribution < -0.4 is 5.43 Å². The van der Waals surface area contributed by atoms with Crippen molar-refractivity contribution in [3.63, 3.8) is 0 Å². The second-order valence-corrected chi connectivity index (χ2v) is 6.50. The molecule has 0 radical (unpaired) electrons. The van der Waals surface area contributed by atoms with E-state index in [0.717, 1.165) is 20.8 Å². The number of benzene rings is 3. The van der Waals surface area contributed by atoms with Crippen molar-refractivity contribution in [3.8, 4) is 0 Å². The molecule has 0 fully saturated rings. The first-order chi connectivity index (χ1) is 12.5. The highest BCUT2D eigenvalue weighted by atomic mass is 79.9. The Morgan fingerprint density at radius 2 is 1.69 bits per heavy atom. The van der Waals surface area contributed by atoms with Gasteiger partial charge in [0.1, 0.15) is 0 Å². The van der Waals surface area contributed by atoms with Gasteiger partial charge in [0, 0.05) is 4.47 Å². The number of nitrogens with zero attached hydrogens (tertiary/aromatic N) is 1. The Hall–Kier alpha value is -2.99. The second-order valence-electron chi connectivity index (χ2n) is 5.65. The highest BCUT2D eigenvalue weighted by Gasteiger charge is 2.08. The van der Waals surface area contributed by atoms with Crippen molar-refractivity contribution in [2.45, 2.75) is 6.42 Å². The number of carbonyl (C=O) groups excluding carboxylic acids is 1. The van der Waals surface area contributed by atoms with E-state index in [1.54, 1.807) is 12.1 Å². The van der Waals surface area contributed by atoms with E-state index in [2.05, 4.69) is 26.5 Å². The van der Waals surface area contributed by atoms with E-state index >= 15 is 0 Å². The van der Waals surface area contributed by atoms with E-state index < -0.39 is 5.97 Å². The van der Waals surface area contributed by atoms with Crippen molar-refractivity contribution in [1.29, 1.82) is 0 Å². The molecule has 0 bridgehead atoms. The Labute approximate surface area is 158 Å². The molecule has 5 nitrogen and oxygen atoms in total. The van der Waals surface area contributed by atoms with Gasteiger partial charge >= 0.3 is 5.97 Å². The molecule has 0 aromatic heterocycles. The van der Waals surface area contributed by atoms with Crippen LogP contribution in [-0.2, 0) is 11.2 Å². The zero-order valence-electron chi connectivity index (χ0n) is 13.6. The smallest absolute Gasteiger partial charge is 0.335 e. The Balaban J connectivity index is 1.66. The third-order valence-corrected chi connectivity index (χ3v) is 4.56.